The molecule has 0 saturated carbocycles. The molecule has 0 bridgehead atoms. The summed E-state index contributed by atoms with van der Waals surface area (Å²) in [4.78, 5) is 22.9. The number of carboxylic acids is 1. The van der Waals surface area contributed by atoms with E-state index in [1.54, 1.807) is 36.4 Å². The van der Waals surface area contributed by atoms with E-state index >= 15 is 0 Å². The number of carbonyl (C=O) groups excluding carboxylic acids is 1. The standard InChI is InChI=1S/C16H14O5/c1-20-12-6-7-13(14(9-12)15(17)18)10-4-3-5-11(8-10)16(19)21-2/h3-9H,1-2H3,(H,17,18). The summed E-state index contributed by atoms with van der Waals surface area (Å²) in [5.74, 6) is -1.07. The van der Waals surface area contributed by atoms with E-state index in [2.05, 4.69) is 4.74 Å². The summed E-state index contributed by atoms with van der Waals surface area (Å²) in [7, 11) is 2.77. The van der Waals surface area contributed by atoms with Crippen LogP contribution in [0.4, 0.5) is 0 Å². The summed E-state index contributed by atoms with van der Waals surface area (Å²) in [5, 5.41) is 9.32. The molecule has 0 heterocycles. The molecular weight excluding hydrogens is 272 g/mol. The molecule has 0 atom stereocenters. The minimum Gasteiger partial charge on any atom is -0.497 e. The molecule has 0 aromatic heterocycles. The predicted molar refractivity (Wildman–Crippen MR) is 76.7 cm³/mol. The van der Waals surface area contributed by atoms with E-state index < -0.39 is 11.9 Å². The molecule has 0 spiro atoms. The third-order valence-electron chi connectivity index (χ3n) is 3.05. The Balaban J connectivity index is 2.56. The molecule has 108 valence electrons. The Morgan fingerprint density at radius 2 is 1.81 bits per heavy atom. The summed E-state index contributed by atoms with van der Waals surface area (Å²) < 4.78 is 9.70. The van der Waals surface area contributed by atoms with Crippen molar-refractivity contribution in [3.63, 3.8) is 0 Å². The maximum absolute atomic E-state index is 11.6. The fourth-order valence-electron chi connectivity index (χ4n) is 2.01. The Hall–Kier alpha value is -2.82. The van der Waals surface area contributed by atoms with E-state index in [-0.39, 0.29) is 5.56 Å². The van der Waals surface area contributed by atoms with Crippen molar-refractivity contribution in [3.8, 4) is 16.9 Å². The van der Waals surface area contributed by atoms with Crippen molar-refractivity contribution in [1.82, 2.24) is 0 Å². The average molecular weight is 286 g/mol. The van der Waals surface area contributed by atoms with Crippen molar-refractivity contribution < 1.29 is 24.2 Å². The fourth-order valence-corrected chi connectivity index (χ4v) is 2.01. The molecule has 21 heavy (non-hydrogen) atoms. The van der Waals surface area contributed by atoms with Crippen molar-refractivity contribution >= 4 is 11.9 Å². The monoisotopic (exact) mass is 286 g/mol. The number of hydrogen-bond acceptors (Lipinski definition) is 4. The van der Waals surface area contributed by atoms with Crippen LogP contribution in [-0.4, -0.2) is 31.3 Å². The van der Waals surface area contributed by atoms with Gasteiger partial charge in [0.2, 0.25) is 0 Å². The minimum atomic E-state index is -1.06. The summed E-state index contributed by atoms with van der Waals surface area (Å²) in [6.45, 7) is 0. The first-order chi connectivity index (χ1) is 10.1. The van der Waals surface area contributed by atoms with E-state index in [9.17, 15) is 14.7 Å². The zero-order valence-electron chi connectivity index (χ0n) is 11.6. The zero-order chi connectivity index (χ0) is 15.4. The molecule has 5 heteroatoms. The van der Waals surface area contributed by atoms with E-state index in [0.29, 0.717) is 22.4 Å². The summed E-state index contributed by atoms with van der Waals surface area (Å²) >= 11 is 0. The average Bonchev–Trinajstić information content (AvgIpc) is 2.53. The molecule has 0 saturated heterocycles. The van der Waals surface area contributed by atoms with Gasteiger partial charge < -0.3 is 14.6 Å². The molecule has 0 aliphatic rings. The highest BCUT2D eigenvalue weighted by Crippen LogP contribution is 2.28. The van der Waals surface area contributed by atoms with Gasteiger partial charge in [-0.05, 0) is 41.5 Å². The summed E-state index contributed by atoms with van der Waals surface area (Å²) in [5.41, 5.74) is 1.60. The largest absolute Gasteiger partial charge is 0.497 e. The first kappa shape index (κ1) is 14.6. The lowest BCUT2D eigenvalue weighted by Crippen LogP contribution is -2.03. The Morgan fingerprint density at radius 1 is 1.05 bits per heavy atom. The van der Waals surface area contributed by atoms with Gasteiger partial charge in [0, 0.05) is 0 Å². The highest BCUT2D eigenvalue weighted by atomic mass is 16.5. The number of rotatable bonds is 4. The molecule has 0 amide bonds. The number of ether oxygens (including phenoxy) is 2. The van der Waals surface area contributed by atoms with Gasteiger partial charge in [-0.25, -0.2) is 9.59 Å². The Morgan fingerprint density at radius 3 is 2.43 bits per heavy atom. The van der Waals surface area contributed by atoms with Crippen LogP contribution in [0.3, 0.4) is 0 Å². The molecule has 0 aliphatic heterocycles. The molecule has 0 aliphatic carbocycles. The van der Waals surface area contributed by atoms with Crippen molar-refractivity contribution in [2.24, 2.45) is 0 Å². The lowest BCUT2D eigenvalue weighted by molar-refractivity contribution is 0.0600. The van der Waals surface area contributed by atoms with Crippen LogP contribution in [0.1, 0.15) is 20.7 Å². The molecule has 2 aromatic carbocycles. The second-order valence-electron chi connectivity index (χ2n) is 4.29. The van der Waals surface area contributed by atoms with Crippen molar-refractivity contribution in [3.05, 3.63) is 53.6 Å². The van der Waals surface area contributed by atoms with Gasteiger partial charge in [0.15, 0.2) is 0 Å². The molecule has 5 nitrogen and oxygen atoms in total. The van der Waals surface area contributed by atoms with Crippen molar-refractivity contribution in [2.75, 3.05) is 14.2 Å². The molecule has 2 aromatic rings. The van der Waals surface area contributed by atoms with Gasteiger partial charge in [0.25, 0.3) is 0 Å². The van der Waals surface area contributed by atoms with E-state index in [0.717, 1.165) is 0 Å². The number of hydrogen-bond donors (Lipinski definition) is 1. The van der Waals surface area contributed by atoms with Crippen LogP contribution in [0.5, 0.6) is 5.75 Å². The van der Waals surface area contributed by atoms with Gasteiger partial charge >= 0.3 is 11.9 Å². The van der Waals surface area contributed by atoms with Crippen LogP contribution in [-0.2, 0) is 4.74 Å². The number of benzene rings is 2. The molecule has 0 fully saturated rings. The molecule has 0 unspecified atom stereocenters. The molecule has 1 N–H and O–H groups in total. The smallest absolute Gasteiger partial charge is 0.337 e. The zero-order valence-corrected chi connectivity index (χ0v) is 11.6. The second-order valence-corrected chi connectivity index (χ2v) is 4.29. The fraction of sp³-hybridized carbons (Fsp3) is 0.125. The lowest BCUT2D eigenvalue weighted by atomic mass is 9.98. The van der Waals surface area contributed by atoms with Crippen LogP contribution < -0.4 is 4.74 Å². The highest BCUT2D eigenvalue weighted by Gasteiger charge is 2.14. The van der Waals surface area contributed by atoms with Crippen molar-refractivity contribution in [1.29, 1.82) is 0 Å². The van der Waals surface area contributed by atoms with Gasteiger partial charge in [-0.2, -0.15) is 0 Å². The van der Waals surface area contributed by atoms with Gasteiger partial charge in [0.05, 0.1) is 25.3 Å². The number of carbonyl (C=O) groups is 2. The first-order valence-corrected chi connectivity index (χ1v) is 6.17. The number of carboxylic acid groups (broad SMARTS) is 1. The van der Waals surface area contributed by atoms with Crippen LogP contribution in [0.15, 0.2) is 42.5 Å². The Labute approximate surface area is 121 Å². The van der Waals surface area contributed by atoms with E-state index in [4.69, 9.17) is 4.74 Å². The summed E-state index contributed by atoms with van der Waals surface area (Å²) in [6, 6.07) is 11.4. The van der Waals surface area contributed by atoms with E-state index in [1.165, 1.54) is 20.3 Å². The second kappa shape index (κ2) is 6.09. The van der Waals surface area contributed by atoms with Gasteiger partial charge in [-0.3, -0.25) is 0 Å². The Kier molecular flexibility index (Phi) is 4.23. The third kappa shape index (κ3) is 3.02. The van der Waals surface area contributed by atoms with Crippen LogP contribution in [0.2, 0.25) is 0 Å². The summed E-state index contributed by atoms with van der Waals surface area (Å²) in [6.07, 6.45) is 0. The Bertz CT molecular complexity index is 691. The van der Waals surface area contributed by atoms with Gasteiger partial charge in [-0.15, -0.1) is 0 Å². The van der Waals surface area contributed by atoms with Crippen LogP contribution >= 0.6 is 0 Å². The normalized spacial score (nSPS) is 10.0. The van der Waals surface area contributed by atoms with E-state index in [1.807, 2.05) is 0 Å². The quantitative estimate of drug-likeness (QED) is 0.875. The van der Waals surface area contributed by atoms with Crippen molar-refractivity contribution in [2.45, 2.75) is 0 Å². The number of esters is 1. The topological polar surface area (TPSA) is 72.8 Å². The number of methoxy groups -OCH3 is 2. The van der Waals surface area contributed by atoms with Gasteiger partial charge in [0.1, 0.15) is 5.75 Å². The van der Waals surface area contributed by atoms with Gasteiger partial charge in [-0.1, -0.05) is 12.1 Å². The molecule has 2 rings (SSSR count). The third-order valence-corrected chi connectivity index (χ3v) is 3.05. The predicted octanol–water partition coefficient (Wildman–Crippen LogP) is 2.85. The van der Waals surface area contributed by atoms with Crippen LogP contribution in [0.25, 0.3) is 11.1 Å². The van der Waals surface area contributed by atoms with Crippen LogP contribution in [0, 0.1) is 0 Å². The lowest BCUT2D eigenvalue weighted by Gasteiger charge is -2.09. The first-order valence-electron chi connectivity index (χ1n) is 6.17. The number of aromatic carboxylic acids is 1. The maximum Gasteiger partial charge on any atom is 0.337 e. The highest BCUT2D eigenvalue weighted by molar-refractivity contribution is 5.98. The SMILES string of the molecule is COC(=O)c1cccc(-c2ccc(OC)cc2C(=O)O)c1. The molecular formula is C16H14O5. The maximum atomic E-state index is 11.6. The minimum absolute atomic E-state index is 0.108. The molecule has 0 radical (unpaired) electrons.